The van der Waals surface area contributed by atoms with E-state index in [1.807, 2.05) is 0 Å². The second kappa shape index (κ2) is 3.75. The molecular weight excluding hydrogens is 175 g/mol. The topological polar surface area (TPSA) is 0 Å². The van der Waals surface area contributed by atoms with E-state index in [9.17, 15) is 17.6 Å². The maximum atomic E-state index is 11.9. The number of hydrogen-bond acceptors (Lipinski definition) is 0. The van der Waals surface area contributed by atoms with Crippen molar-refractivity contribution in [3.05, 3.63) is 35.4 Å². The molecular formula is C6H4AlF4. The van der Waals surface area contributed by atoms with Gasteiger partial charge in [-0.1, -0.05) is 0 Å². The molecule has 0 N–H and O–H groups in total. The van der Waals surface area contributed by atoms with E-state index in [-0.39, 0.29) is 23.4 Å². The number of hydrogen-bond donors (Lipinski definition) is 0. The average Bonchev–Trinajstić information content (AvgIpc) is 1.84. The van der Waals surface area contributed by atoms with Gasteiger partial charge in [0.25, 0.3) is 0 Å². The summed E-state index contributed by atoms with van der Waals surface area (Å²) in [6.45, 7) is 0. The fourth-order valence-electron chi connectivity index (χ4n) is 0.454. The Morgan fingerprint density at radius 2 is 1.27 bits per heavy atom. The summed E-state index contributed by atoms with van der Waals surface area (Å²) in [5.41, 5.74) is 0. The smallest absolute Gasteiger partial charge is 0.187 e. The molecule has 59 valence electrons. The van der Waals surface area contributed by atoms with Crippen LogP contribution in [0.4, 0.5) is 17.6 Å². The molecule has 0 saturated heterocycles. The van der Waals surface area contributed by atoms with E-state index in [0.29, 0.717) is 0 Å². The van der Waals surface area contributed by atoms with Gasteiger partial charge in [-0.05, 0) is 0 Å². The molecule has 5 heteroatoms. The minimum atomic E-state index is -1.51. The zero-order valence-corrected chi connectivity index (χ0v) is 4.59. The van der Waals surface area contributed by atoms with E-state index in [4.69, 9.17) is 0 Å². The third-order valence-electron chi connectivity index (χ3n) is 0.892. The summed E-state index contributed by atoms with van der Waals surface area (Å²) in [6.07, 6.45) is 0. The highest BCUT2D eigenvalue weighted by Crippen LogP contribution is 2.10. The monoisotopic (exact) mass is 179 g/mol. The summed E-state index contributed by atoms with van der Waals surface area (Å²) in [4.78, 5) is 0. The normalized spacial score (nSPS) is 9.09. The number of rotatable bonds is 0. The van der Waals surface area contributed by atoms with Crippen molar-refractivity contribution in [2.45, 2.75) is 0 Å². The van der Waals surface area contributed by atoms with Crippen molar-refractivity contribution in [2.75, 3.05) is 0 Å². The van der Waals surface area contributed by atoms with Gasteiger partial charge >= 0.3 is 0 Å². The SMILES string of the molecule is Fc1[c]c(F)c(F)cc1F.[AlH3]. The van der Waals surface area contributed by atoms with Crippen molar-refractivity contribution in [1.29, 1.82) is 0 Å². The largest absolute Gasteiger partial charge is 0.204 e. The van der Waals surface area contributed by atoms with Gasteiger partial charge < -0.3 is 0 Å². The van der Waals surface area contributed by atoms with Crippen LogP contribution in [0.1, 0.15) is 0 Å². The Bertz CT molecular complexity index is 211. The zero-order valence-electron chi connectivity index (χ0n) is 4.59. The summed E-state index contributed by atoms with van der Waals surface area (Å²) >= 11 is 0. The van der Waals surface area contributed by atoms with Crippen LogP contribution in [0.3, 0.4) is 0 Å². The molecule has 0 aliphatic rings. The molecule has 0 aromatic heterocycles. The Kier molecular flexibility index (Phi) is 3.57. The van der Waals surface area contributed by atoms with Crippen LogP contribution in [0.2, 0.25) is 0 Å². The highest BCUT2D eigenvalue weighted by atomic mass is 27.0. The molecule has 0 amide bonds. The molecule has 0 spiro atoms. The first-order valence-corrected chi connectivity index (χ1v) is 2.33. The summed E-state index contributed by atoms with van der Waals surface area (Å²) < 4.78 is 47.7. The lowest BCUT2D eigenvalue weighted by Crippen LogP contribution is -1.90. The molecule has 11 heavy (non-hydrogen) atoms. The Balaban J connectivity index is 0.000001000. The highest BCUT2D eigenvalue weighted by molar-refractivity contribution is 5.75. The summed E-state index contributed by atoms with van der Waals surface area (Å²) in [7, 11) is 0. The third-order valence-corrected chi connectivity index (χ3v) is 0.892. The van der Waals surface area contributed by atoms with Gasteiger partial charge in [0.05, 0.1) is 6.07 Å². The standard InChI is InChI=1S/C6HF4.Al.3H/c7-3-1-4(8)6(10)2-5(3)9;;;;/h1H;;;;. The van der Waals surface area contributed by atoms with E-state index >= 15 is 0 Å². The van der Waals surface area contributed by atoms with Crippen LogP contribution in [0, 0.1) is 29.3 Å². The Labute approximate surface area is 71.0 Å². The van der Waals surface area contributed by atoms with Crippen molar-refractivity contribution in [3.63, 3.8) is 0 Å². The second-order valence-electron chi connectivity index (χ2n) is 1.59. The van der Waals surface area contributed by atoms with Crippen molar-refractivity contribution in [2.24, 2.45) is 0 Å². The molecule has 1 aromatic rings. The van der Waals surface area contributed by atoms with E-state index in [2.05, 4.69) is 0 Å². The van der Waals surface area contributed by atoms with Gasteiger partial charge in [0.15, 0.2) is 40.6 Å². The minimum absolute atomic E-state index is 0. The van der Waals surface area contributed by atoms with Crippen molar-refractivity contribution in [3.8, 4) is 0 Å². The van der Waals surface area contributed by atoms with Crippen LogP contribution < -0.4 is 0 Å². The molecule has 0 aliphatic carbocycles. The lowest BCUT2D eigenvalue weighted by molar-refractivity contribution is 0.451. The molecule has 0 bridgehead atoms. The third kappa shape index (κ3) is 2.21. The molecule has 0 unspecified atom stereocenters. The maximum absolute atomic E-state index is 11.9. The van der Waals surface area contributed by atoms with Crippen LogP contribution in [0.15, 0.2) is 6.07 Å². The Morgan fingerprint density at radius 3 is 1.55 bits per heavy atom. The van der Waals surface area contributed by atoms with Gasteiger partial charge in [-0.3, -0.25) is 0 Å². The van der Waals surface area contributed by atoms with E-state index in [0.717, 1.165) is 0 Å². The van der Waals surface area contributed by atoms with Gasteiger partial charge in [-0.15, -0.1) is 0 Å². The van der Waals surface area contributed by atoms with Crippen LogP contribution in [0.5, 0.6) is 0 Å². The van der Waals surface area contributed by atoms with Crippen molar-refractivity contribution >= 4 is 17.4 Å². The summed E-state index contributed by atoms with van der Waals surface area (Å²) in [5.74, 6) is -5.92. The Hall–Kier alpha value is -0.528. The van der Waals surface area contributed by atoms with Crippen LogP contribution in [-0.2, 0) is 0 Å². The maximum Gasteiger partial charge on any atom is 0.187 e. The lowest BCUT2D eigenvalue weighted by atomic mass is 10.3. The first-order chi connectivity index (χ1) is 4.61. The minimum Gasteiger partial charge on any atom is -0.204 e. The van der Waals surface area contributed by atoms with Crippen LogP contribution in [0.25, 0.3) is 0 Å². The van der Waals surface area contributed by atoms with Gasteiger partial charge in [0, 0.05) is 6.07 Å². The van der Waals surface area contributed by atoms with Gasteiger partial charge in [-0.2, -0.15) is 0 Å². The van der Waals surface area contributed by atoms with Crippen LogP contribution >= 0.6 is 0 Å². The molecule has 0 heterocycles. The van der Waals surface area contributed by atoms with Gasteiger partial charge in [-0.25, -0.2) is 17.6 Å². The van der Waals surface area contributed by atoms with Crippen molar-refractivity contribution in [1.82, 2.24) is 0 Å². The number of halogens is 4. The van der Waals surface area contributed by atoms with E-state index < -0.39 is 23.3 Å². The predicted molar refractivity (Wildman–Crippen MR) is 35.0 cm³/mol. The average molecular weight is 179 g/mol. The highest BCUT2D eigenvalue weighted by Gasteiger charge is 2.08. The molecule has 1 aromatic carbocycles. The Morgan fingerprint density at radius 1 is 0.909 bits per heavy atom. The van der Waals surface area contributed by atoms with E-state index in [1.165, 1.54) is 6.07 Å². The van der Waals surface area contributed by atoms with Gasteiger partial charge in [0.2, 0.25) is 0 Å². The number of benzene rings is 1. The first-order valence-electron chi connectivity index (χ1n) is 2.33. The zero-order chi connectivity index (χ0) is 7.72. The van der Waals surface area contributed by atoms with Gasteiger partial charge in [0.1, 0.15) is 0 Å². The fraction of sp³-hybridized carbons (Fsp3) is 0. The quantitative estimate of drug-likeness (QED) is 0.315. The molecule has 0 atom stereocenters. The molecule has 1 rings (SSSR count). The molecule has 0 aliphatic heterocycles. The van der Waals surface area contributed by atoms with E-state index in [1.54, 1.807) is 0 Å². The second-order valence-corrected chi connectivity index (χ2v) is 1.59. The molecule has 0 nitrogen and oxygen atoms in total. The van der Waals surface area contributed by atoms with Crippen molar-refractivity contribution < 1.29 is 17.6 Å². The predicted octanol–water partition coefficient (Wildman–Crippen LogP) is 0.859. The molecule has 0 saturated carbocycles. The molecule has 0 fully saturated rings. The molecule has 1 radical (unpaired) electrons. The summed E-state index contributed by atoms with van der Waals surface area (Å²) in [6, 6.07) is 1.35. The summed E-state index contributed by atoms with van der Waals surface area (Å²) in [5, 5.41) is 0. The fourth-order valence-corrected chi connectivity index (χ4v) is 0.454. The first kappa shape index (κ1) is 10.5. The van der Waals surface area contributed by atoms with Crippen LogP contribution in [-0.4, -0.2) is 17.4 Å². The lowest BCUT2D eigenvalue weighted by Gasteiger charge is -1.91.